The van der Waals surface area contributed by atoms with Crippen molar-refractivity contribution in [3.8, 4) is 0 Å². The maximum Gasteiger partial charge on any atom is 0.349 e. The molecular formula is C23H17Cl2F5N6O3. The highest BCUT2D eigenvalue weighted by molar-refractivity contribution is 6.42. The van der Waals surface area contributed by atoms with Gasteiger partial charge in [0.15, 0.2) is 11.5 Å². The SMILES string of the molecule is O=C(c1[nH]ncc1F)N1CC(c2nnc(C(F)(F)c3ccc(Cl)c(Cl)c3)o2)C2(C1)CN(C(=O)[C@H]1CC1(F)F)C2. The molecule has 9 nitrogen and oxygen atoms in total. The monoisotopic (exact) mass is 590 g/mol. The third-order valence-corrected chi connectivity index (χ3v) is 8.22. The zero-order valence-corrected chi connectivity index (χ0v) is 21.1. The minimum atomic E-state index is -3.75. The first-order valence-electron chi connectivity index (χ1n) is 11.6. The van der Waals surface area contributed by atoms with E-state index in [0.717, 1.165) is 18.3 Å². The number of aromatic nitrogens is 4. The Bertz CT molecular complexity index is 1490. The van der Waals surface area contributed by atoms with Crippen molar-refractivity contribution in [3.63, 3.8) is 0 Å². The normalized spacial score (nSPS) is 23.3. The topological polar surface area (TPSA) is 108 Å². The maximum absolute atomic E-state index is 15.2. The van der Waals surface area contributed by atoms with Crippen LogP contribution in [0.2, 0.25) is 10.0 Å². The lowest BCUT2D eigenvalue weighted by molar-refractivity contribution is -0.147. The molecule has 0 bridgehead atoms. The molecule has 3 aromatic rings. The predicted molar refractivity (Wildman–Crippen MR) is 123 cm³/mol. The number of carbonyl (C=O) groups excluding carboxylic acids is 2. The molecule has 2 atom stereocenters. The molecule has 4 heterocycles. The second-order valence-corrected chi connectivity index (χ2v) is 10.9. The van der Waals surface area contributed by atoms with Crippen LogP contribution >= 0.6 is 23.2 Å². The number of hydrogen-bond acceptors (Lipinski definition) is 6. The molecule has 2 aromatic heterocycles. The van der Waals surface area contributed by atoms with Crippen LogP contribution in [0, 0.1) is 17.2 Å². The summed E-state index contributed by atoms with van der Waals surface area (Å²) in [6, 6.07) is 3.21. The van der Waals surface area contributed by atoms with E-state index in [1.54, 1.807) is 0 Å². The number of benzene rings is 1. The van der Waals surface area contributed by atoms with Gasteiger partial charge in [0.05, 0.1) is 22.2 Å². The smallest absolute Gasteiger partial charge is 0.349 e. The predicted octanol–water partition coefficient (Wildman–Crippen LogP) is 4.10. The standard InChI is InChI=1S/C23H17Cl2F5N6O3/c24-13-2-1-10(3-14(13)25)23(29,30)20-34-33-17(39-20)12-6-35(19(38)16-15(26)5-31-32-16)7-21(12)8-36(9-21)18(37)11-4-22(11,27)28/h1-3,5,11-12H,4,6-9H2,(H,31,32)/t11-,12?/m1/s1. The molecule has 1 aliphatic carbocycles. The van der Waals surface area contributed by atoms with Crippen LogP contribution in [0.3, 0.4) is 0 Å². The number of H-pyrrole nitrogens is 1. The van der Waals surface area contributed by atoms with E-state index >= 15 is 8.78 Å². The zero-order chi connectivity index (χ0) is 27.9. The summed E-state index contributed by atoms with van der Waals surface area (Å²) in [4.78, 5) is 28.0. The first-order valence-corrected chi connectivity index (χ1v) is 12.4. The molecule has 206 valence electrons. The molecule has 0 radical (unpaired) electrons. The molecule has 2 saturated heterocycles. The van der Waals surface area contributed by atoms with Gasteiger partial charge in [0.25, 0.3) is 17.7 Å². The summed E-state index contributed by atoms with van der Waals surface area (Å²) in [5.74, 6) is -12.7. The van der Waals surface area contributed by atoms with E-state index in [9.17, 15) is 22.8 Å². The number of halogens is 7. The molecule has 1 saturated carbocycles. The molecule has 6 rings (SSSR count). The summed E-state index contributed by atoms with van der Waals surface area (Å²) in [6.45, 7) is -0.294. The van der Waals surface area contributed by atoms with Crippen LogP contribution in [-0.2, 0) is 10.7 Å². The molecule has 2 amide bonds. The van der Waals surface area contributed by atoms with Gasteiger partial charge in [-0.05, 0) is 12.1 Å². The van der Waals surface area contributed by atoms with Gasteiger partial charge < -0.3 is 14.2 Å². The van der Waals surface area contributed by atoms with Gasteiger partial charge in [-0.15, -0.1) is 10.2 Å². The van der Waals surface area contributed by atoms with E-state index in [4.69, 9.17) is 27.6 Å². The van der Waals surface area contributed by atoms with Crippen LogP contribution in [-0.4, -0.2) is 74.1 Å². The Labute approximate surface area is 226 Å². The van der Waals surface area contributed by atoms with Crippen LogP contribution in [0.25, 0.3) is 0 Å². The number of alkyl halides is 4. The molecule has 1 aromatic carbocycles. The van der Waals surface area contributed by atoms with Gasteiger partial charge in [-0.1, -0.05) is 29.3 Å². The van der Waals surface area contributed by atoms with E-state index in [0.29, 0.717) is 0 Å². The number of aromatic amines is 1. The Morgan fingerprint density at radius 2 is 1.79 bits per heavy atom. The lowest BCUT2D eigenvalue weighted by Gasteiger charge is -2.50. The van der Waals surface area contributed by atoms with E-state index in [1.165, 1.54) is 15.9 Å². The van der Waals surface area contributed by atoms with Crippen molar-refractivity contribution in [1.29, 1.82) is 0 Å². The highest BCUT2D eigenvalue weighted by Crippen LogP contribution is 2.54. The van der Waals surface area contributed by atoms with Gasteiger partial charge in [-0.3, -0.25) is 14.7 Å². The van der Waals surface area contributed by atoms with E-state index in [2.05, 4.69) is 20.4 Å². The molecule has 3 aliphatic rings. The highest BCUT2D eigenvalue weighted by atomic mass is 35.5. The Hall–Kier alpha value is -3.26. The Morgan fingerprint density at radius 1 is 1.10 bits per heavy atom. The van der Waals surface area contributed by atoms with Crippen molar-refractivity contribution in [2.24, 2.45) is 11.3 Å². The van der Waals surface area contributed by atoms with Crippen LogP contribution in [0.4, 0.5) is 22.0 Å². The summed E-state index contributed by atoms with van der Waals surface area (Å²) in [5.41, 5.74) is -1.92. The average molecular weight is 591 g/mol. The van der Waals surface area contributed by atoms with E-state index in [-0.39, 0.29) is 42.1 Å². The molecule has 3 fully saturated rings. The minimum Gasteiger partial charge on any atom is -0.419 e. The van der Waals surface area contributed by atoms with Crippen molar-refractivity contribution in [1.82, 2.24) is 30.2 Å². The number of amides is 2. The summed E-state index contributed by atoms with van der Waals surface area (Å²) in [5, 5.41) is 13.1. The first-order chi connectivity index (χ1) is 18.3. The molecule has 2 aliphatic heterocycles. The van der Waals surface area contributed by atoms with Crippen LogP contribution in [0.1, 0.15) is 40.2 Å². The van der Waals surface area contributed by atoms with Gasteiger partial charge >= 0.3 is 5.92 Å². The van der Waals surface area contributed by atoms with Gasteiger partial charge in [0, 0.05) is 43.6 Å². The van der Waals surface area contributed by atoms with Crippen LogP contribution in [0.5, 0.6) is 0 Å². The lowest BCUT2D eigenvalue weighted by atomic mass is 9.71. The molecule has 1 spiro atoms. The largest absolute Gasteiger partial charge is 0.419 e. The number of rotatable bonds is 5. The summed E-state index contributed by atoms with van der Waals surface area (Å²) in [7, 11) is 0. The second-order valence-electron chi connectivity index (χ2n) is 10.1. The van der Waals surface area contributed by atoms with Crippen LogP contribution < -0.4 is 0 Å². The minimum absolute atomic E-state index is 0.0410. The van der Waals surface area contributed by atoms with Crippen molar-refractivity contribution >= 4 is 35.0 Å². The summed E-state index contributed by atoms with van der Waals surface area (Å²) < 4.78 is 76.9. The van der Waals surface area contributed by atoms with E-state index < -0.39 is 70.3 Å². The fourth-order valence-electron chi connectivity index (χ4n) is 5.25. The lowest BCUT2D eigenvalue weighted by Crippen LogP contribution is -2.62. The Balaban J connectivity index is 1.29. The number of carbonyl (C=O) groups is 2. The first kappa shape index (κ1) is 26.0. The average Bonchev–Trinajstić information content (AvgIpc) is 3.33. The Morgan fingerprint density at radius 3 is 2.41 bits per heavy atom. The van der Waals surface area contributed by atoms with Gasteiger partial charge in [-0.2, -0.15) is 13.9 Å². The quantitative estimate of drug-likeness (QED) is 0.448. The fourth-order valence-corrected chi connectivity index (χ4v) is 5.55. The second kappa shape index (κ2) is 8.62. The van der Waals surface area contributed by atoms with E-state index in [1.807, 2.05) is 0 Å². The molecular weight excluding hydrogens is 574 g/mol. The highest BCUT2D eigenvalue weighted by Gasteiger charge is 2.66. The summed E-state index contributed by atoms with van der Waals surface area (Å²) >= 11 is 11.7. The van der Waals surface area contributed by atoms with Crippen molar-refractivity contribution in [3.05, 3.63) is 63.3 Å². The molecule has 1 unspecified atom stereocenters. The number of likely N-dealkylation sites (tertiary alicyclic amines) is 2. The van der Waals surface area contributed by atoms with Gasteiger partial charge in [0.2, 0.25) is 11.8 Å². The van der Waals surface area contributed by atoms with Crippen molar-refractivity contribution < 1.29 is 36.0 Å². The third kappa shape index (κ3) is 4.15. The number of nitrogens with one attached hydrogen (secondary N) is 1. The fraction of sp³-hybridized carbons (Fsp3) is 0.435. The third-order valence-electron chi connectivity index (χ3n) is 7.48. The number of nitrogens with zero attached hydrogens (tertiary/aromatic N) is 5. The summed E-state index contributed by atoms with van der Waals surface area (Å²) in [6.07, 6.45) is 0.283. The molecule has 39 heavy (non-hydrogen) atoms. The maximum atomic E-state index is 15.2. The van der Waals surface area contributed by atoms with Gasteiger partial charge in [-0.25, -0.2) is 13.2 Å². The van der Waals surface area contributed by atoms with Crippen molar-refractivity contribution in [2.45, 2.75) is 24.2 Å². The van der Waals surface area contributed by atoms with Gasteiger partial charge in [0.1, 0.15) is 5.92 Å². The van der Waals surface area contributed by atoms with Crippen LogP contribution in [0.15, 0.2) is 28.8 Å². The molecule has 16 heteroatoms. The molecule has 1 N–H and O–H groups in total. The van der Waals surface area contributed by atoms with Crippen molar-refractivity contribution in [2.75, 3.05) is 26.2 Å². The number of hydrogen-bond donors (Lipinski definition) is 1. The Kier molecular flexibility index (Phi) is 5.74. The zero-order valence-electron chi connectivity index (χ0n) is 19.6.